The van der Waals surface area contributed by atoms with E-state index in [0.717, 1.165) is 6.07 Å². The number of hydrogen-bond donors (Lipinski definition) is 2. The first-order valence-corrected chi connectivity index (χ1v) is 6.76. The van der Waals surface area contributed by atoms with Crippen LogP contribution in [0, 0.1) is 0 Å². The van der Waals surface area contributed by atoms with Gasteiger partial charge in [0.1, 0.15) is 16.5 Å². The summed E-state index contributed by atoms with van der Waals surface area (Å²) < 4.78 is 38.0. The van der Waals surface area contributed by atoms with Gasteiger partial charge in [0.25, 0.3) is 5.91 Å². The van der Waals surface area contributed by atoms with Crippen LogP contribution in [0.25, 0.3) is 0 Å². The van der Waals surface area contributed by atoms with Gasteiger partial charge in [-0.3, -0.25) is 4.79 Å². The minimum Gasteiger partial charge on any atom is -0.325 e. The highest BCUT2D eigenvalue weighted by Gasteiger charge is 2.35. The molecule has 0 bridgehead atoms. The highest BCUT2D eigenvalue weighted by atomic mass is 35.5. The van der Waals surface area contributed by atoms with E-state index in [4.69, 9.17) is 17.3 Å². The third-order valence-corrected chi connectivity index (χ3v) is 3.49. The van der Waals surface area contributed by atoms with Crippen molar-refractivity contribution in [3.63, 3.8) is 0 Å². The summed E-state index contributed by atoms with van der Waals surface area (Å²) in [6.07, 6.45) is -4.70. The van der Waals surface area contributed by atoms with Gasteiger partial charge in [-0.15, -0.1) is 11.3 Å². The highest BCUT2D eigenvalue weighted by Crippen LogP contribution is 2.33. The molecule has 0 aliphatic rings. The van der Waals surface area contributed by atoms with Gasteiger partial charge in [0, 0.05) is 11.9 Å². The van der Waals surface area contributed by atoms with E-state index in [1.807, 2.05) is 0 Å². The topological polar surface area (TPSA) is 80.9 Å². The molecular formula is C11H8ClF3N4OS. The minimum absolute atomic E-state index is 0.0609. The number of rotatable bonds is 3. The molecule has 21 heavy (non-hydrogen) atoms. The summed E-state index contributed by atoms with van der Waals surface area (Å²) in [5.41, 5.74) is 4.16. The number of carbonyl (C=O) groups is 1. The van der Waals surface area contributed by atoms with Gasteiger partial charge in [-0.25, -0.2) is 9.97 Å². The van der Waals surface area contributed by atoms with E-state index in [0.29, 0.717) is 5.01 Å². The lowest BCUT2D eigenvalue weighted by molar-refractivity contribution is -0.141. The molecule has 0 radical (unpaired) electrons. The maximum atomic E-state index is 12.7. The van der Waals surface area contributed by atoms with Crippen molar-refractivity contribution >= 4 is 34.7 Å². The van der Waals surface area contributed by atoms with Crippen molar-refractivity contribution in [2.75, 3.05) is 5.32 Å². The molecule has 1 amide bonds. The fraction of sp³-hybridized carbons (Fsp3) is 0.182. The Morgan fingerprint density at radius 3 is 2.67 bits per heavy atom. The van der Waals surface area contributed by atoms with E-state index in [1.165, 1.54) is 22.8 Å². The van der Waals surface area contributed by atoms with E-state index in [-0.39, 0.29) is 18.1 Å². The van der Waals surface area contributed by atoms with E-state index < -0.39 is 22.8 Å². The second-order valence-corrected chi connectivity index (χ2v) is 5.16. The molecule has 2 aromatic heterocycles. The maximum absolute atomic E-state index is 12.7. The van der Waals surface area contributed by atoms with Gasteiger partial charge < -0.3 is 11.1 Å². The Bertz CT molecular complexity index is 674. The van der Waals surface area contributed by atoms with Gasteiger partial charge in [-0.1, -0.05) is 11.6 Å². The lowest BCUT2D eigenvalue weighted by Gasteiger charge is -2.10. The summed E-state index contributed by atoms with van der Waals surface area (Å²) in [6, 6.07) is 2.19. The zero-order valence-electron chi connectivity index (χ0n) is 10.2. The predicted molar refractivity (Wildman–Crippen MR) is 72.2 cm³/mol. The number of nitrogens with one attached hydrogen (secondary N) is 1. The van der Waals surface area contributed by atoms with Crippen LogP contribution in [0.5, 0.6) is 0 Å². The molecule has 10 heteroatoms. The quantitative estimate of drug-likeness (QED) is 0.903. The summed E-state index contributed by atoms with van der Waals surface area (Å²) in [4.78, 5) is 19.0. The van der Waals surface area contributed by atoms with Crippen molar-refractivity contribution in [2.45, 2.75) is 12.7 Å². The number of alkyl halides is 3. The van der Waals surface area contributed by atoms with Crippen molar-refractivity contribution in [3.8, 4) is 0 Å². The number of amides is 1. The lowest BCUT2D eigenvalue weighted by Crippen LogP contribution is -2.16. The number of aromatic nitrogens is 2. The molecule has 0 aliphatic carbocycles. The second-order valence-electron chi connectivity index (χ2n) is 3.81. The normalized spacial score (nSPS) is 11.5. The Balaban J connectivity index is 2.21. The average molecular weight is 337 g/mol. The molecule has 0 aromatic carbocycles. The molecule has 0 aliphatic heterocycles. The number of nitrogens with two attached hydrogens (primary N) is 1. The molecule has 2 rings (SSSR count). The molecule has 2 aromatic rings. The number of anilines is 1. The van der Waals surface area contributed by atoms with Gasteiger partial charge in [0.15, 0.2) is 5.69 Å². The zero-order chi connectivity index (χ0) is 15.6. The molecule has 0 unspecified atom stereocenters. The van der Waals surface area contributed by atoms with Crippen molar-refractivity contribution < 1.29 is 18.0 Å². The summed E-state index contributed by atoms with van der Waals surface area (Å²) >= 11 is 6.62. The van der Waals surface area contributed by atoms with E-state index in [9.17, 15) is 18.0 Å². The van der Waals surface area contributed by atoms with Crippen LogP contribution in [0.15, 0.2) is 17.5 Å². The minimum atomic E-state index is -4.70. The standard InChI is InChI=1S/C11H8ClF3N4OS/c12-5-1-2-7(18-9(5)11(13,14)15)19-10(20)6-4-21-8(3-16)17-6/h1-2,4H,3,16H2,(H,18,19,20). The zero-order valence-corrected chi connectivity index (χ0v) is 11.8. The monoisotopic (exact) mass is 336 g/mol. The summed E-state index contributed by atoms with van der Waals surface area (Å²) in [5.74, 6) is -0.937. The van der Waals surface area contributed by atoms with E-state index in [1.54, 1.807) is 0 Å². The van der Waals surface area contributed by atoms with Crippen LogP contribution >= 0.6 is 22.9 Å². The van der Waals surface area contributed by atoms with Gasteiger partial charge in [-0.2, -0.15) is 13.2 Å². The second kappa shape index (κ2) is 5.96. The fourth-order valence-corrected chi connectivity index (χ4v) is 2.27. The number of halogens is 4. The molecule has 2 heterocycles. The molecule has 0 saturated heterocycles. The average Bonchev–Trinajstić information content (AvgIpc) is 2.88. The molecular weight excluding hydrogens is 329 g/mol. The first kappa shape index (κ1) is 15.7. The van der Waals surface area contributed by atoms with Crippen LogP contribution in [0.3, 0.4) is 0 Å². The van der Waals surface area contributed by atoms with Crippen molar-refractivity contribution in [1.29, 1.82) is 0 Å². The van der Waals surface area contributed by atoms with Gasteiger partial charge >= 0.3 is 6.18 Å². The molecule has 0 saturated carbocycles. The fourth-order valence-electron chi connectivity index (χ4n) is 1.40. The van der Waals surface area contributed by atoms with Gasteiger partial charge in [0.05, 0.1) is 5.02 Å². The predicted octanol–water partition coefficient (Wildman–Crippen LogP) is 2.92. The molecule has 0 spiro atoms. The smallest absolute Gasteiger partial charge is 0.325 e. The number of nitrogens with zero attached hydrogens (tertiary/aromatic N) is 2. The number of hydrogen-bond acceptors (Lipinski definition) is 5. The Kier molecular flexibility index (Phi) is 4.45. The van der Waals surface area contributed by atoms with Crippen LogP contribution in [0.4, 0.5) is 19.0 Å². The van der Waals surface area contributed by atoms with Crippen molar-refractivity contribution in [2.24, 2.45) is 5.73 Å². The van der Waals surface area contributed by atoms with Gasteiger partial charge in [0.2, 0.25) is 0 Å². The summed E-state index contributed by atoms with van der Waals surface area (Å²) in [5, 5.41) is 3.69. The number of pyridine rings is 1. The SMILES string of the molecule is NCc1nc(C(=O)Nc2ccc(Cl)c(C(F)(F)F)n2)cs1. The Hall–Kier alpha value is -1.71. The third-order valence-electron chi connectivity index (χ3n) is 2.32. The lowest BCUT2D eigenvalue weighted by atomic mass is 10.3. The molecule has 5 nitrogen and oxygen atoms in total. The van der Waals surface area contributed by atoms with E-state index in [2.05, 4.69) is 15.3 Å². The van der Waals surface area contributed by atoms with Crippen LogP contribution in [-0.4, -0.2) is 15.9 Å². The molecule has 3 N–H and O–H groups in total. The maximum Gasteiger partial charge on any atom is 0.434 e. The first-order valence-electron chi connectivity index (χ1n) is 5.51. The summed E-state index contributed by atoms with van der Waals surface area (Å²) in [6.45, 7) is 0.176. The number of thiazole rings is 1. The highest BCUT2D eigenvalue weighted by molar-refractivity contribution is 7.09. The Morgan fingerprint density at radius 2 is 2.10 bits per heavy atom. The van der Waals surface area contributed by atoms with Crippen LogP contribution in [0.1, 0.15) is 21.2 Å². The number of carbonyl (C=O) groups excluding carboxylic acids is 1. The molecule has 112 valence electrons. The Morgan fingerprint density at radius 1 is 1.38 bits per heavy atom. The molecule has 0 atom stereocenters. The largest absolute Gasteiger partial charge is 0.434 e. The molecule has 0 fully saturated rings. The Labute approximate surface area is 126 Å². The third kappa shape index (κ3) is 3.69. The van der Waals surface area contributed by atoms with Crippen LogP contribution in [0.2, 0.25) is 5.02 Å². The van der Waals surface area contributed by atoms with Crippen molar-refractivity contribution in [1.82, 2.24) is 9.97 Å². The van der Waals surface area contributed by atoms with E-state index >= 15 is 0 Å². The van der Waals surface area contributed by atoms with Crippen LogP contribution < -0.4 is 11.1 Å². The first-order chi connectivity index (χ1) is 9.81. The summed E-state index contributed by atoms with van der Waals surface area (Å²) in [7, 11) is 0. The van der Waals surface area contributed by atoms with Crippen LogP contribution in [-0.2, 0) is 12.7 Å². The van der Waals surface area contributed by atoms with Crippen molar-refractivity contribution in [3.05, 3.63) is 38.9 Å². The van der Waals surface area contributed by atoms with Gasteiger partial charge in [-0.05, 0) is 12.1 Å².